The second-order valence-corrected chi connectivity index (χ2v) is 9.16. The Kier molecular flexibility index (Phi) is 6.86. The van der Waals surface area contributed by atoms with Gasteiger partial charge in [-0.25, -0.2) is 0 Å². The monoisotopic (exact) mass is 443 g/mol. The van der Waals surface area contributed by atoms with Crippen molar-refractivity contribution in [3.05, 3.63) is 18.2 Å². The molecule has 1 saturated carbocycles. The maximum absolute atomic E-state index is 13.1. The van der Waals surface area contributed by atoms with Crippen molar-refractivity contribution in [2.24, 2.45) is 11.8 Å². The first-order valence-electron chi connectivity index (χ1n) is 11.8. The number of carbonyl (C=O) groups excluding carboxylic acids is 3. The summed E-state index contributed by atoms with van der Waals surface area (Å²) >= 11 is 0. The van der Waals surface area contributed by atoms with Gasteiger partial charge in [-0.3, -0.25) is 14.4 Å². The summed E-state index contributed by atoms with van der Waals surface area (Å²) in [6.07, 6.45) is 6.36. The van der Waals surface area contributed by atoms with E-state index in [2.05, 4.69) is 10.6 Å². The molecule has 3 amide bonds. The number of nitrogens with zero attached hydrogens (tertiary/aromatic N) is 1. The van der Waals surface area contributed by atoms with Gasteiger partial charge < -0.3 is 25.0 Å². The van der Waals surface area contributed by atoms with E-state index in [0.717, 1.165) is 32.1 Å². The second-order valence-electron chi connectivity index (χ2n) is 9.16. The van der Waals surface area contributed by atoms with Crippen LogP contribution in [0.25, 0.3) is 0 Å². The van der Waals surface area contributed by atoms with E-state index in [1.807, 2.05) is 13.8 Å². The van der Waals surface area contributed by atoms with Crippen molar-refractivity contribution in [3.63, 3.8) is 0 Å². The minimum absolute atomic E-state index is 0.00427. The quantitative estimate of drug-likeness (QED) is 0.675. The molecule has 8 nitrogen and oxygen atoms in total. The van der Waals surface area contributed by atoms with Crippen LogP contribution in [0.15, 0.2) is 18.2 Å². The topological polar surface area (TPSA) is 97.0 Å². The highest BCUT2D eigenvalue weighted by Crippen LogP contribution is 2.37. The fourth-order valence-corrected chi connectivity index (χ4v) is 4.70. The van der Waals surface area contributed by atoms with E-state index in [-0.39, 0.29) is 49.4 Å². The van der Waals surface area contributed by atoms with E-state index in [9.17, 15) is 14.4 Å². The van der Waals surface area contributed by atoms with E-state index in [1.165, 1.54) is 6.42 Å². The number of fused-ring (bicyclic) bond motifs is 1. The smallest absolute Gasteiger partial charge is 0.243 e. The Labute approximate surface area is 189 Å². The predicted octanol–water partition coefficient (Wildman–Crippen LogP) is 2.75. The number of amides is 3. The molecule has 0 aromatic heterocycles. The summed E-state index contributed by atoms with van der Waals surface area (Å²) in [5.74, 6) is 0.277. The zero-order valence-electron chi connectivity index (χ0n) is 18.9. The van der Waals surface area contributed by atoms with Crippen molar-refractivity contribution >= 4 is 23.4 Å². The molecule has 1 saturated heterocycles. The third-order valence-corrected chi connectivity index (χ3v) is 6.91. The Bertz CT molecular complexity index is 867. The van der Waals surface area contributed by atoms with E-state index >= 15 is 0 Å². The van der Waals surface area contributed by atoms with Crippen LogP contribution in [-0.4, -0.2) is 43.1 Å². The van der Waals surface area contributed by atoms with Gasteiger partial charge in [0, 0.05) is 30.8 Å². The average molecular weight is 444 g/mol. The van der Waals surface area contributed by atoms with Crippen LogP contribution in [0.3, 0.4) is 0 Å². The Morgan fingerprint density at radius 3 is 2.66 bits per heavy atom. The lowest BCUT2D eigenvalue weighted by molar-refractivity contribution is -0.132. The highest BCUT2D eigenvalue weighted by Gasteiger charge is 2.38. The molecule has 174 valence electrons. The number of ether oxygens (including phenoxy) is 2. The third kappa shape index (κ3) is 4.84. The maximum atomic E-state index is 13.1. The molecule has 1 aromatic carbocycles. The molecule has 2 fully saturated rings. The number of benzene rings is 1. The van der Waals surface area contributed by atoms with Crippen LogP contribution >= 0.6 is 0 Å². The molecule has 8 heteroatoms. The summed E-state index contributed by atoms with van der Waals surface area (Å²) in [5.41, 5.74) is 0.683. The van der Waals surface area contributed by atoms with Crippen molar-refractivity contribution < 1.29 is 23.9 Å². The standard InChI is InChI=1S/C24H33N3O5/c1-3-15(2)22(24(30)25-17-7-5-4-6-8-17)26-23(29)16-11-21(28)27(13-16)18-9-10-19-20(12-18)32-14-31-19/h9-10,12,15-17,22H,3-8,11,13-14H2,1-2H3,(H,25,30)(H,26,29)/t15-,16+,22+/m1/s1. The van der Waals surface area contributed by atoms with Crippen LogP contribution in [0.4, 0.5) is 5.69 Å². The van der Waals surface area contributed by atoms with Crippen molar-refractivity contribution in [3.8, 4) is 11.5 Å². The molecule has 2 N–H and O–H groups in total. The first-order chi connectivity index (χ1) is 15.5. The van der Waals surface area contributed by atoms with Crippen LogP contribution in [0, 0.1) is 11.8 Å². The van der Waals surface area contributed by atoms with Crippen molar-refractivity contribution in [1.29, 1.82) is 0 Å². The zero-order chi connectivity index (χ0) is 22.7. The van der Waals surface area contributed by atoms with Gasteiger partial charge in [0.05, 0.1) is 5.92 Å². The van der Waals surface area contributed by atoms with Crippen molar-refractivity contribution in [1.82, 2.24) is 10.6 Å². The molecule has 2 aliphatic heterocycles. The van der Waals surface area contributed by atoms with Crippen LogP contribution in [0.5, 0.6) is 11.5 Å². The second kappa shape index (κ2) is 9.79. The molecule has 2 heterocycles. The molecule has 1 aliphatic carbocycles. The number of hydrogen-bond donors (Lipinski definition) is 2. The lowest BCUT2D eigenvalue weighted by atomic mass is 9.93. The van der Waals surface area contributed by atoms with Gasteiger partial charge in [0.15, 0.2) is 11.5 Å². The minimum atomic E-state index is -0.593. The average Bonchev–Trinajstić information content (AvgIpc) is 3.43. The summed E-state index contributed by atoms with van der Waals surface area (Å²) in [5, 5.41) is 6.10. The summed E-state index contributed by atoms with van der Waals surface area (Å²) in [6, 6.07) is 4.93. The normalized spacial score (nSPS) is 22.5. The summed E-state index contributed by atoms with van der Waals surface area (Å²) < 4.78 is 10.7. The lowest BCUT2D eigenvalue weighted by Crippen LogP contribution is -2.54. The molecule has 4 rings (SSSR count). The molecule has 0 spiro atoms. The fourth-order valence-electron chi connectivity index (χ4n) is 4.70. The molecule has 0 bridgehead atoms. The fraction of sp³-hybridized carbons (Fsp3) is 0.625. The largest absolute Gasteiger partial charge is 0.454 e. The van der Waals surface area contributed by atoms with Gasteiger partial charge in [-0.15, -0.1) is 0 Å². The lowest BCUT2D eigenvalue weighted by Gasteiger charge is -2.29. The van der Waals surface area contributed by atoms with Gasteiger partial charge in [-0.2, -0.15) is 0 Å². The number of anilines is 1. The number of carbonyl (C=O) groups is 3. The van der Waals surface area contributed by atoms with Gasteiger partial charge in [-0.1, -0.05) is 39.5 Å². The highest BCUT2D eigenvalue weighted by molar-refractivity contribution is 6.01. The van der Waals surface area contributed by atoms with E-state index in [4.69, 9.17) is 9.47 Å². The predicted molar refractivity (Wildman–Crippen MR) is 119 cm³/mol. The van der Waals surface area contributed by atoms with Crippen LogP contribution in [0.2, 0.25) is 0 Å². The molecule has 0 unspecified atom stereocenters. The van der Waals surface area contributed by atoms with Gasteiger partial charge >= 0.3 is 0 Å². The Morgan fingerprint density at radius 2 is 1.91 bits per heavy atom. The molecule has 3 atom stereocenters. The molecule has 0 radical (unpaired) electrons. The van der Waals surface area contributed by atoms with Crippen LogP contribution in [0.1, 0.15) is 58.8 Å². The third-order valence-electron chi connectivity index (χ3n) is 6.91. The highest BCUT2D eigenvalue weighted by atomic mass is 16.7. The number of nitrogens with one attached hydrogen (secondary N) is 2. The zero-order valence-corrected chi connectivity index (χ0v) is 18.9. The van der Waals surface area contributed by atoms with Crippen LogP contribution < -0.4 is 25.0 Å². The minimum Gasteiger partial charge on any atom is -0.454 e. The SMILES string of the molecule is CC[C@@H](C)[C@H](NC(=O)[C@H]1CC(=O)N(c2ccc3c(c2)OCO3)C1)C(=O)NC1CCCCC1. The van der Waals surface area contributed by atoms with Crippen molar-refractivity contribution in [2.45, 2.75) is 70.9 Å². The van der Waals surface area contributed by atoms with E-state index in [0.29, 0.717) is 17.2 Å². The Morgan fingerprint density at radius 1 is 1.16 bits per heavy atom. The Balaban J connectivity index is 1.39. The van der Waals surface area contributed by atoms with Gasteiger partial charge in [0.2, 0.25) is 24.5 Å². The van der Waals surface area contributed by atoms with E-state index in [1.54, 1.807) is 23.1 Å². The molecule has 3 aliphatic rings. The Hall–Kier alpha value is -2.77. The molecule has 1 aromatic rings. The maximum Gasteiger partial charge on any atom is 0.243 e. The summed E-state index contributed by atoms with van der Waals surface area (Å²) in [7, 11) is 0. The first kappa shape index (κ1) is 22.4. The summed E-state index contributed by atoms with van der Waals surface area (Å²) in [4.78, 5) is 40.3. The van der Waals surface area contributed by atoms with E-state index < -0.39 is 12.0 Å². The van der Waals surface area contributed by atoms with Gasteiger partial charge in [0.25, 0.3) is 0 Å². The summed E-state index contributed by atoms with van der Waals surface area (Å²) in [6.45, 7) is 4.43. The number of rotatable bonds is 7. The molecular weight excluding hydrogens is 410 g/mol. The molecular formula is C24H33N3O5. The van der Waals surface area contributed by atoms with Crippen LogP contribution in [-0.2, 0) is 14.4 Å². The first-order valence-corrected chi connectivity index (χ1v) is 11.8. The van der Waals surface area contributed by atoms with Gasteiger partial charge in [-0.05, 0) is 30.9 Å². The van der Waals surface area contributed by atoms with Crippen molar-refractivity contribution in [2.75, 3.05) is 18.2 Å². The van der Waals surface area contributed by atoms with Gasteiger partial charge in [0.1, 0.15) is 6.04 Å². The molecule has 32 heavy (non-hydrogen) atoms. The number of hydrogen-bond acceptors (Lipinski definition) is 5.